The standard InChI is InChI=1S/C32H34N2O4/c1-21(2)26-20-23(12-17-27(26)38-3)30(35)28-29(22-10-6-4-7-11-22)34(32(37)31(28)36)25-15-13-24(14-16-25)33-18-8-5-9-19-33/h4,6-7,10-17,20-21,29,35H,5,8-9,18-19H2,1-3H3/b30-28-. The number of aliphatic hydroxyl groups is 1. The second kappa shape index (κ2) is 10.7. The summed E-state index contributed by atoms with van der Waals surface area (Å²) >= 11 is 0. The van der Waals surface area contributed by atoms with Crippen molar-refractivity contribution in [2.75, 3.05) is 30.0 Å². The molecule has 2 aliphatic heterocycles. The summed E-state index contributed by atoms with van der Waals surface area (Å²) in [5.74, 6) is -0.676. The van der Waals surface area contributed by atoms with Crippen molar-refractivity contribution in [2.45, 2.75) is 45.1 Å². The molecule has 3 aromatic rings. The van der Waals surface area contributed by atoms with Crippen molar-refractivity contribution < 1.29 is 19.4 Å². The topological polar surface area (TPSA) is 70.1 Å². The first-order valence-corrected chi connectivity index (χ1v) is 13.3. The smallest absolute Gasteiger partial charge is 0.300 e. The Hall–Kier alpha value is -4.06. The highest BCUT2D eigenvalue weighted by atomic mass is 16.5. The number of benzene rings is 3. The summed E-state index contributed by atoms with van der Waals surface area (Å²) in [6.07, 6.45) is 3.60. The molecule has 2 saturated heterocycles. The third-order valence-electron chi connectivity index (χ3n) is 7.53. The van der Waals surface area contributed by atoms with Crippen LogP contribution in [0.3, 0.4) is 0 Å². The lowest BCUT2D eigenvalue weighted by Crippen LogP contribution is -2.30. The van der Waals surface area contributed by atoms with Crippen molar-refractivity contribution in [1.29, 1.82) is 0 Å². The van der Waals surface area contributed by atoms with E-state index in [2.05, 4.69) is 4.90 Å². The molecule has 0 saturated carbocycles. The molecule has 0 radical (unpaired) electrons. The number of hydrogen-bond donors (Lipinski definition) is 1. The van der Waals surface area contributed by atoms with Crippen molar-refractivity contribution in [2.24, 2.45) is 0 Å². The molecule has 1 N–H and O–H groups in total. The number of aliphatic hydroxyl groups excluding tert-OH is 1. The molecule has 1 amide bonds. The molecule has 2 aliphatic rings. The number of rotatable bonds is 6. The first-order valence-electron chi connectivity index (χ1n) is 13.3. The van der Waals surface area contributed by atoms with Crippen LogP contribution in [-0.4, -0.2) is 37.0 Å². The molecule has 0 aromatic heterocycles. The largest absolute Gasteiger partial charge is 0.507 e. The van der Waals surface area contributed by atoms with Gasteiger partial charge in [-0.2, -0.15) is 0 Å². The Bertz CT molecular complexity index is 1360. The molecule has 196 valence electrons. The quantitative estimate of drug-likeness (QED) is 0.235. The molecular weight excluding hydrogens is 476 g/mol. The van der Waals surface area contributed by atoms with E-state index in [1.807, 2.05) is 74.5 Å². The normalized spacial score (nSPS) is 19.3. The lowest BCUT2D eigenvalue weighted by molar-refractivity contribution is -0.132. The summed E-state index contributed by atoms with van der Waals surface area (Å²) in [6, 6.07) is 21.8. The third-order valence-corrected chi connectivity index (χ3v) is 7.53. The fraction of sp³-hybridized carbons (Fsp3) is 0.312. The van der Waals surface area contributed by atoms with Crippen LogP contribution in [0.15, 0.2) is 78.4 Å². The Morgan fingerprint density at radius 1 is 0.895 bits per heavy atom. The summed E-state index contributed by atoms with van der Waals surface area (Å²) < 4.78 is 5.49. The van der Waals surface area contributed by atoms with Crippen molar-refractivity contribution in [3.63, 3.8) is 0 Å². The predicted octanol–water partition coefficient (Wildman–Crippen LogP) is 6.44. The summed E-state index contributed by atoms with van der Waals surface area (Å²) in [4.78, 5) is 30.9. The average molecular weight is 511 g/mol. The van der Waals surface area contributed by atoms with E-state index < -0.39 is 17.7 Å². The number of methoxy groups -OCH3 is 1. The van der Waals surface area contributed by atoms with E-state index in [1.54, 1.807) is 19.2 Å². The van der Waals surface area contributed by atoms with Crippen LogP contribution < -0.4 is 14.5 Å². The second-order valence-corrected chi connectivity index (χ2v) is 10.3. The zero-order valence-corrected chi connectivity index (χ0v) is 22.2. The molecule has 3 aromatic carbocycles. The van der Waals surface area contributed by atoms with Gasteiger partial charge < -0.3 is 14.7 Å². The number of ether oxygens (including phenoxy) is 1. The van der Waals surface area contributed by atoms with Crippen molar-refractivity contribution in [1.82, 2.24) is 0 Å². The molecule has 1 unspecified atom stereocenters. The van der Waals surface area contributed by atoms with E-state index >= 15 is 0 Å². The summed E-state index contributed by atoms with van der Waals surface area (Å²) in [6.45, 7) is 6.12. The number of hydrogen-bond acceptors (Lipinski definition) is 5. The molecule has 6 nitrogen and oxygen atoms in total. The van der Waals surface area contributed by atoms with Gasteiger partial charge in [0.05, 0.1) is 18.7 Å². The molecule has 0 bridgehead atoms. The van der Waals surface area contributed by atoms with Gasteiger partial charge in [0.25, 0.3) is 11.7 Å². The predicted molar refractivity (Wildman–Crippen MR) is 151 cm³/mol. The minimum Gasteiger partial charge on any atom is -0.507 e. The lowest BCUT2D eigenvalue weighted by atomic mass is 9.93. The van der Waals surface area contributed by atoms with Crippen LogP contribution in [0.2, 0.25) is 0 Å². The van der Waals surface area contributed by atoms with E-state index in [1.165, 1.54) is 24.2 Å². The number of carbonyl (C=O) groups is 2. The number of nitrogens with zero attached hydrogens (tertiary/aromatic N) is 2. The number of piperidine rings is 1. The summed E-state index contributed by atoms with van der Waals surface area (Å²) in [5, 5.41) is 11.5. The van der Waals surface area contributed by atoms with Gasteiger partial charge in [0.15, 0.2) is 0 Å². The number of anilines is 2. The Balaban J connectivity index is 1.60. The minimum atomic E-state index is -0.748. The highest BCUT2D eigenvalue weighted by Crippen LogP contribution is 2.43. The van der Waals surface area contributed by atoms with Gasteiger partial charge in [0.1, 0.15) is 11.5 Å². The van der Waals surface area contributed by atoms with E-state index in [4.69, 9.17) is 4.74 Å². The Morgan fingerprint density at radius 3 is 2.18 bits per heavy atom. The average Bonchev–Trinajstić information content (AvgIpc) is 3.23. The number of carbonyl (C=O) groups excluding carboxylic acids is 2. The maximum Gasteiger partial charge on any atom is 0.300 e. The van der Waals surface area contributed by atoms with E-state index in [0.29, 0.717) is 17.0 Å². The highest BCUT2D eigenvalue weighted by molar-refractivity contribution is 6.51. The van der Waals surface area contributed by atoms with E-state index in [0.717, 1.165) is 29.9 Å². The summed E-state index contributed by atoms with van der Waals surface area (Å²) in [7, 11) is 1.61. The fourth-order valence-electron chi connectivity index (χ4n) is 5.51. The van der Waals surface area contributed by atoms with Crippen LogP contribution >= 0.6 is 0 Å². The Morgan fingerprint density at radius 2 is 1.55 bits per heavy atom. The zero-order chi connectivity index (χ0) is 26.8. The number of Topliss-reactive ketones (excluding diaryl/α,β-unsaturated/α-hetero) is 1. The number of amides is 1. The molecular formula is C32H34N2O4. The van der Waals surface area contributed by atoms with Crippen LogP contribution in [0.1, 0.15) is 61.8 Å². The maximum atomic E-state index is 13.5. The molecule has 2 heterocycles. The van der Waals surface area contributed by atoms with E-state index in [9.17, 15) is 14.7 Å². The first-order chi connectivity index (χ1) is 18.4. The van der Waals surface area contributed by atoms with Gasteiger partial charge in [0.2, 0.25) is 0 Å². The Kier molecular flexibility index (Phi) is 7.23. The van der Waals surface area contributed by atoms with Gasteiger partial charge >= 0.3 is 0 Å². The van der Waals surface area contributed by atoms with Crippen LogP contribution in [0.5, 0.6) is 5.75 Å². The van der Waals surface area contributed by atoms with Crippen molar-refractivity contribution in [3.8, 4) is 5.75 Å². The van der Waals surface area contributed by atoms with Crippen LogP contribution in [0.4, 0.5) is 11.4 Å². The Labute approximate surface area is 224 Å². The van der Waals surface area contributed by atoms with Crippen molar-refractivity contribution >= 4 is 28.8 Å². The van der Waals surface area contributed by atoms with Crippen LogP contribution in [0, 0.1) is 0 Å². The van der Waals surface area contributed by atoms with Gasteiger partial charge in [0, 0.05) is 30.0 Å². The van der Waals surface area contributed by atoms with Gasteiger partial charge in [-0.1, -0.05) is 44.2 Å². The first kappa shape index (κ1) is 25.6. The summed E-state index contributed by atoms with van der Waals surface area (Å²) in [5.41, 5.74) is 3.97. The van der Waals surface area contributed by atoms with Crippen molar-refractivity contribution in [3.05, 3.63) is 95.1 Å². The molecule has 38 heavy (non-hydrogen) atoms. The molecule has 1 atom stereocenters. The zero-order valence-electron chi connectivity index (χ0n) is 22.2. The fourth-order valence-corrected chi connectivity index (χ4v) is 5.51. The van der Waals surface area contributed by atoms with Gasteiger partial charge in [-0.15, -0.1) is 0 Å². The third kappa shape index (κ3) is 4.67. The van der Waals surface area contributed by atoms with E-state index in [-0.39, 0.29) is 17.3 Å². The van der Waals surface area contributed by atoms with Gasteiger partial charge in [-0.05, 0) is 78.8 Å². The molecule has 0 spiro atoms. The van der Waals surface area contributed by atoms with Crippen LogP contribution in [-0.2, 0) is 9.59 Å². The maximum absolute atomic E-state index is 13.5. The monoisotopic (exact) mass is 510 g/mol. The van der Waals surface area contributed by atoms with Gasteiger partial charge in [-0.25, -0.2) is 0 Å². The van der Waals surface area contributed by atoms with Crippen LogP contribution in [0.25, 0.3) is 5.76 Å². The van der Waals surface area contributed by atoms with Gasteiger partial charge in [-0.3, -0.25) is 14.5 Å². The molecule has 5 rings (SSSR count). The SMILES string of the molecule is COc1ccc(/C(O)=C2/C(=O)C(=O)N(c3ccc(N4CCCCC4)cc3)C2c2ccccc2)cc1C(C)C. The molecule has 0 aliphatic carbocycles. The molecule has 6 heteroatoms. The minimum absolute atomic E-state index is 0.0844. The number of ketones is 1. The highest BCUT2D eigenvalue weighted by Gasteiger charge is 2.47. The molecule has 2 fully saturated rings. The second-order valence-electron chi connectivity index (χ2n) is 10.3. The lowest BCUT2D eigenvalue weighted by Gasteiger charge is -2.30.